The van der Waals surface area contributed by atoms with Crippen molar-refractivity contribution in [2.24, 2.45) is 11.8 Å². The van der Waals surface area contributed by atoms with E-state index in [2.05, 4.69) is 0 Å². The molecule has 0 aliphatic carbocycles. The summed E-state index contributed by atoms with van der Waals surface area (Å²) in [7, 11) is 0. The quantitative estimate of drug-likeness (QED) is 0.655. The molecule has 0 amide bonds. The number of halogens is 2. The molecule has 1 unspecified atom stereocenters. The lowest BCUT2D eigenvalue weighted by molar-refractivity contribution is -0.129. The third-order valence-corrected chi connectivity index (χ3v) is 2.87. The third kappa shape index (κ3) is 2.50. The number of nitrogens with zero attached hydrogens (tertiary/aromatic N) is 1. The van der Waals surface area contributed by atoms with E-state index in [9.17, 15) is 13.6 Å². The second-order valence-electron chi connectivity index (χ2n) is 4.30. The Morgan fingerprint density at radius 3 is 2.64 bits per heavy atom. The van der Waals surface area contributed by atoms with Gasteiger partial charge < -0.3 is 4.79 Å². The molecule has 14 heavy (non-hydrogen) atoms. The van der Waals surface area contributed by atoms with Crippen LogP contribution < -0.4 is 0 Å². The molecule has 1 atom stereocenters. The number of rotatable bonds is 3. The molecule has 1 aliphatic heterocycles. The Labute approximate surface area is 83.3 Å². The van der Waals surface area contributed by atoms with Crippen molar-refractivity contribution in [3.63, 3.8) is 0 Å². The molecule has 0 N–H and O–H groups in total. The maximum Gasteiger partial charge on any atom is 0.263 e. The number of likely N-dealkylation sites (tertiary alicyclic amines) is 1. The molecule has 1 heterocycles. The summed E-state index contributed by atoms with van der Waals surface area (Å²) in [6.45, 7) is 4.12. The molecule has 1 fully saturated rings. The minimum Gasteiger partial charge on any atom is -0.302 e. The fourth-order valence-electron chi connectivity index (χ4n) is 2.11. The first-order valence-corrected chi connectivity index (χ1v) is 5.01. The van der Waals surface area contributed by atoms with E-state index in [4.69, 9.17) is 0 Å². The summed E-state index contributed by atoms with van der Waals surface area (Å²) in [4.78, 5) is 11.7. The van der Waals surface area contributed by atoms with Gasteiger partial charge in [0.2, 0.25) is 0 Å². The number of carbonyl (C=O) groups is 1. The van der Waals surface area contributed by atoms with E-state index in [-0.39, 0.29) is 19.0 Å². The molecule has 0 aromatic heterocycles. The minimum absolute atomic E-state index is 0.00313. The molecule has 4 heteroatoms. The largest absolute Gasteiger partial charge is 0.302 e. The maximum absolute atomic E-state index is 13.5. The van der Waals surface area contributed by atoms with Crippen molar-refractivity contribution in [3.8, 4) is 0 Å². The van der Waals surface area contributed by atoms with Gasteiger partial charge in [0, 0.05) is 5.92 Å². The Morgan fingerprint density at radius 1 is 1.57 bits per heavy atom. The molecule has 0 radical (unpaired) electrons. The zero-order valence-electron chi connectivity index (χ0n) is 8.67. The van der Waals surface area contributed by atoms with Crippen LogP contribution in [0.3, 0.4) is 0 Å². The van der Waals surface area contributed by atoms with Gasteiger partial charge in [-0.1, -0.05) is 13.8 Å². The van der Waals surface area contributed by atoms with Crippen LogP contribution in [0, 0.1) is 11.8 Å². The van der Waals surface area contributed by atoms with E-state index in [1.54, 1.807) is 0 Å². The topological polar surface area (TPSA) is 20.3 Å². The van der Waals surface area contributed by atoms with Gasteiger partial charge in [0.1, 0.15) is 6.29 Å². The Bertz CT molecular complexity index is 206. The van der Waals surface area contributed by atoms with E-state index in [0.29, 0.717) is 19.3 Å². The summed E-state index contributed by atoms with van der Waals surface area (Å²) in [6.07, 6.45) is 1.17. The molecule has 2 nitrogen and oxygen atoms in total. The normalized spacial score (nSPS) is 27.9. The van der Waals surface area contributed by atoms with Crippen molar-refractivity contribution in [1.29, 1.82) is 0 Å². The summed E-state index contributed by atoms with van der Waals surface area (Å²) in [5.74, 6) is -3.18. The zero-order valence-corrected chi connectivity index (χ0v) is 8.67. The van der Waals surface area contributed by atoms with Crippen LogP contribution in [-0.4, -0.2) is 36.7 Å². The molecule has 1 rings (SSSR count). The number of piperidine rings is 1. The Morgan fingerprint density at radius 2 is 2.21 bits per heavy atom. The van der Waals surface area contributed by atoms with Gasteiger partial charge in [-0.15, -0.1) is 0 Å². The standard InChI is InChI=1S/C10H17F2NO/c1-8(2)9-3-4-13(5-6-14)7-10(9,11)12/h6,8-9H,3-5,7H2,1-2H3. The highest BCUT2D eigenvalue weighted by atomic mass is 19.3. The summed E-state index contributed by atoms with van der Waals surface area (Å²) >= 11 is 0. The SMILES string of the molecule is CC(C)C1CCN(CC=O)CC1(F)F. The lowest BCUT2D eigenvalue weighted by atomic mass is 9.83. The highest BCUT2D eigenvalue weighted by Crippen LogP contribution is 2.37. The maximum atomic E-state index is 13.5. The first-order chi connectivity index (χ1) is 6.47. The van der Waals surface area contributed by atoms with Crippen LogP contribution in [0.1, 0.15) is 20.3 Å². The van der Waals surface area contributed by atoms with E-state index in [0.717, 1.165) is 0 Å². The van der Waals surface area contributed by atoms with Crippen LogP contribution in [0.15, 0.2) is 0 Å². The van der Waals surface area contributed by atoms with Gasteiger partial charge >= 0.3 is 0 Å². The van der Waals surface area contributed by atoms with Gasteiger partial charge in [0.15, 0.2) is 0 Å². The fraction of sp³-hybridized carbons (Fsp3) is 0.900. The van der Waals surface area contributed by atoms with Crippen LogP contribution in [-0.2, 0) is 4.79 Å². The number of alkyl halides is 2. The van der Waals surface area contributed by atoms with Gasteiger partial charge in [0.25, 0.3) is 5.92 Å². The molecule has 0 aromatic rings. The van der Waals surface area contributed by atoms with Gasteiger partial charge in [-0.3, -0.25) is 4.90 Å². The Balaban J connectivity index is 2.60. The van der Waals surface area contributed by atoms with Gasteiger partial charge in [-0.25, -0.2) is 8.78 Å². The van der Waals surface area contributed by atoms with Gasteiger partial charge in [-0.2, -0.15) is 0 Å². The van der Waals surface area contributed by atoms with Crippen molar-refractivity contribution in [2.75, 3.05) is 19.6 Å². The molecule has 0 saturated carbocycles. The number of aldehydes is 1. The second-order valence-corrected chi connectivity index (χ2v) is 4.30. The molecular weight excluding hydrogens is 188 g/mol. The van der Waals surface area contributed by atoms with Crippen molar-refractivity contribution in [2.45, 2.75) is 26.2 Å². The van der Waals surface area contributed by atoms with Gasteiger partial charge in [0.05, 0.1) is 13.1 Å². The summed E-state index contributed by atoms with van der Waals surface area (Å²) in [6, 6.07) is 0. The predicted molar refractivity (Wildman–Crippen MR) is 50.4 cm³/mol. The number of carbonyl (C=O) groups excluding carboxylic acids is 1. The van der Waals surface area contributed by atoms with E-state index >= 15 is 0 Å². The summed E-state index contributed by atoms with van der Waals surface area (Å²) in [5.41, 5.74) is 0. The summed E-state index contributed by atoms with van der Waals surface area (Å²) < 4.78 is 27.1. The first kappa shape index (κ1) is 11.6. The van der Waals surface area contributed by atoms with Crippen molar-refractivity contribution < 1.29 is 13.6 Å². The molecule has 0 aromatic carbocycles. The molecule has 0 spiro atoms. The average molecular weight is 205 g/mol. The lowest BCUT2D eigenvalue weighted by Crippen LogP contribution is -2.50. The number of hydrogen-bond donors (Lipinski definition) is 0. The predicted octanol–water partition coefficient (Wildman–Crippen LogP) is 1.80. The molecule has 0 bridgehead atoms. The average Bonchev–Trinajstić information content (AvgIpc) is 2.01. The van der Waals surface area contributed by atoms with E-state index in [1.807, 2.05) is 13.8 Å². The summed E-state index contributed by atoms with van der Waals surface area (Å²) in [5, 5.41) is 0. The van der Waals surface area contributed by atoms with Crippen LogP contribution >= 0.6 is 0 Å². The fourth-order valence-corrected chi connectivity index (χ4v) is 2.11. The highest BCUT2D eigenvalue weighted by molar-refractivity contribution is 5.52. The Kier molecular flexibility index (Phi) is 3.59. The van der Waals surface area contributed by atoms with E-state index < -0.39 is 11.8 Å². The van der Waals surface area contributed by atoms with Crippen molar-refractivity contribution in [1.82, 2.24) is 4.90 Å². The monoisotopic (exact) mass is 205 g/mol. The molecule has 82 valence electrons. The zero-order chi connectivity index (χ0) is 10.8. The van der Waals surface area contributed by atoms with Crippen LogP contribution in [0.4, 0.5) is 8.78 Å². The van der Waals surface area contributed by atoms with Crippen LogP contribution in [0.2, 0.25) is 0 Å². The van der Waals surface area contributed by atoms with Crippen LogP contribution in [0.25, 0.3) is 0 Å². The van der Waals surface area contributed by atoms with Crippen LogP contribution in [0.5, 0.6) is 0 Å². The van der Waals surface area contributed by atoms with Gasteiger partial charge in [-0.05, 0) is 18.9 Å². The van der Waals surface area contributed by atoms with Crippen molar-refractivity contribution in [3.05, 3.63) is 0 Å². The minimum atomic E-state index is -2.64. The molecule has 1 saturated heterocycles. The lowest BCUT2D eigenvalue weighted by Gasteiger charge is -2.39. The third-order valence-electron chi connectivity index (χ3n) is 2.87. The Hall–Kier alpha value is -0.510. The molecule has 1 aliphatic rings. The highest BCUT2D eigenvalue weighted by Gasteiger charge is 2.45. The first-order valence-electron chi connectivity index (χ1n) is 5.01. The molecular formula is C10H17F2NO. The second kappa shape index (κ2) is 4.34. The van der Waals surface area contributed by atoms with Crippen molar-refractivity contribution >= 4 is 6.29 Å². The smallest absolute Gasteiger partial charge is 0.263 e. The van der Waals surface area contributed by atoms with E-state index in [1.165, 1.54) is 4.90 Å². The number of hydrogen-bond acceptors (Lipinski definition) is 2.